The van der Waals surface area contributed by atoms with E-state index in [1.54, 1.807) is 6.07 Å². The third-order valence-corrected chi connectivity index (χ3v) is 5.90. The van der Waals surface area contributed by atoms with Crippen molar-refractivity contribution in [3.05, 3.63) is 24.3 Å². The van der Waals surface area contributed by atoms with Gasteiger partial charge < -0.3 is 20.1 Å². The summed E-state index contributed by atoms with van der Waals surface area (Å²) >= 11 is 0. The number of carbonyl (C=O) groups is 3. The number of ether oxygens (including phenoxy) is 2. The SMILES string of the molecule is C[C@@H]1CCCC[C@]12NC(=O)N(CC(=O)NC[C@@H]1COc3ccccc3O1)C2=O. The van der Waals surface area contributed by atoms with Gasteiger partial charge in [0.15, 0.2) is 11.5 Å². The van der Waals surface area contributed by atoms with Crippen molar-refractivity contribution in [1.82, 2.24) is 15.5 Å². The monoisotopic (exact) mass is 387 g/mol. The van der Waals surface area contributed by atoms with Crippen molar-refractivity contribution in [2.75, 3.05) is 19.7 Å². The summed E-state index contributed by atoms with van der Waals surface area (Å²) < 4.78 is 11.4. The predicted molar refractivity (Wildman–Crippen MR) is 100.0 cm³/mol. The van der Waals surface area contributed by atoms with E-state index >= 15 is 0 Å². The molecule has 4 rings (SSSR count). The van der Waals surface area contributed by atoms with Gasteiger partial charge in [-0.1, -0.05) is 31.9 Å². The van der Waals surface area contributed by atoms with E-state index in [1.807, 2.05) is 25.1 Å². The number of para-hydroxylation sites is 2. The summed E-state index contributed by atoms with van der Waals surface area (Å²) in [7, 11) is 0. The molecule has 1 aromatic carbocycles. The van der Waals surface area contributed by atoms with Crippen LogP contribution in [-0.4, -0.2) is 54.1 Å². The highest BCUT2D eigenvalue weighted by Crippen LogP contribution is 2.38. The topological polar surface area (TPSA) is 97.0 Å². The largest absolute Gasteiger partial charge is 0.486 e. The van der Waals surface area contributed by atoms with Crippen LogP contribution < -0.4 is 20.1 Å². The molecule has 8 heteroatoms. The molecule has 1 spiro atoms. The van der Waals surface area contributed by atoms with Crippen LogP contribution >= 0.6 is 0 Å². The minimum Gasteiger partial charge on any atom is -0.486 e. The van der Waals surface area contributed by atoms with Crippen molar-refractivity contribution in [2.24, 2.45) is 5.92 Å². The van der Waals surface area contributed by atoms with E-state index < -0.39 is 17.5 Å². The molecule has 1 saturated heterocycles. The second-order valence-corrected chi connectivity index (χ2v) is 7.74. The Balaban J connectivity index is 1.32. The normalized spacial score (nSPS) is 29.0. The molecule has 2 fully saturated rings. The number of hydrogen-bond acceptors (Lipinski definition) is 5. The Morgan fingerprint density at radius 3 is 2.86 bits per heavy atom. The zero-order valence-corrected chi connectivity index (χ0v) is 15.9. The van der Waals surface area contributed by atoms with Crippen molar-refractivity contribution < 1.29 is 23.9 Å². The van der Waals surface area contributed by atoms with Gasteiger partial charge in [0.1, 0.15) is 24.8 Å². The van der Waals surface area contributed by atoms with Crippen molar-refractivity contribution >= 4 is 17.8 Å². The molecule has 0 unspecified atom stereocenters. The number of hydrogen-bond donors (Lipinski definition) is 2. The molecule has 3 atom stereocenters. The highest BCUT2D eigenvalue weighted by Gasteiger charge is 2.55. The molecular formula is C20H25N3O5. The summed E-state index contributed by atoms with van der Waals surface area (Å²) in [5, 5.41) is 5.59. The fraction of sp³-hybridized carbons (Fsp3) is 0.550. The number of imide groups is 1. The number of nitrogens with zero attached hydrogens (tertiary/aromatic N) is 1. The van der Waals surface area contributed by atoms with Gasteiger partial charge in [0.05, 0.1) is 6.54 Å². The maximum Gasteiger partial charge on any atom is 0.325 e. The number of nitrogens with one attached hydrogen (secondary N) is 2. The van der Waals surface area contributed by atoms with Gasteiger partial charge >= 0.3 is 6.03 Å². The Morgan fingerprint density at radius 2 is 2.07 bits per heavy atom. The third-order valence-electron chi connectivity index (χ3n) is 5.90. The van der Waals surface area contributed by atoms with Crippen molar-refractivity contribution in [1.29, 1.82) is 0 Å². The van der Waals surface area contributed by atoms with E-state index in [0.717, 1.165) is 24.2 Å². The number of carbonyl (C=O) groups excluding carboxylic acids is 3. The molecule has 2 aliphatic heterocycles. The summed E-state index contributed by atoms with van der Waals surface area (Å²) in [5.74, 6) is 0.697. The Bertz CT molecular complexity index is 798. The van der Waals surface area contributed by atoms with E-state index in [1.165, 1.54) is 0 Å². The van der Waals surface area contributed by atoms with E-state index in [2.05, 4.69) is 10.6 Å². The van der Waals surface area contributed by atoms with Gasteiger partial charge in [-0.15, -0.1) is 0 Å². The molecule has 0 radical (unpaired) electrons. The molecule has 2 N–H and O–H groups in total. The van der Waals surface area contributed by atoms with Crippen LogP contribution in [0.4, 0.5) is 4.79 Å². The van der Waals surface area contributed by atoms with Gasteiger partial charge in [0.2, 0.25) is 5.91 Å². The van der Waals surface area contributed by atoms with E-state index in [4.69, 9.17) is 9.47 Å². The molecule has 0 aromatic heterocycles. The average Bonchev–Trinajstić information content (AvgIpc) is 2.93. The average molecular weight is 387 g/mol. The molecule has 8 nitrogen and oxygen atoms in total. The fourth-order valence-corrected chi connectivity index (χ4v) is 4.23. The van der Waals surface area contributed by atoms with E-state index in [-0.39, 0.29) is 31.0 Å². The molecule has 0 bridgehead atoms. The van der Waals surface area contributed by atoms with Crippen molar-refractivity contribution in [3.63, 3.8) is 0 Å². The minimum atomic E-state index is -0.848. The number of fused-ring (bicyclic) bond motifs is 1. The number of amides is 4. The fourth-order valence-electron chi connectivity index (χ4n) is 4.23. The predicted octanol–water partition coefficient (Wildman–Crippen LogP) is 1.44. The van der Waals surface area contributed by atoms with Gasteiger partial charge in [-0.2, -0.15) is 0 Å². The quantitative estimate of drug-likeness (QED) is 0.762. The standard InChI is InChI=1S/C20H25N3O5/c1-13-6-4-5-9-20(13)18(25)23(19(26)22-20)11-17(24)21-10-14-12-27-15-7-2-3-8-16(15)28-14/h2-3,7-8,13-14H,4-6,9-12H2,1H3,(H,21,24)(H,22,26)/t13-,14-,20+/m1/s1. The van der Waals surface area contributed by atoms with Crippen LogP contribution in [0.2, 0.25) is 0 Å². The summed E-state index contributed by atoms with van der Waals surface area (Å²) in [6.45, 7) is 2.25. The lowest BCUT2D eigenvalue weighted by Gasteiger charge is -2.36. The maximum absolute atomic E-state index is 12.9. The molecule has 1 aliphatic carbocycles. The Hall–Kier alpha value is -2.77. The Kier molecular flexibility index (Phi) is 4.87. The molecule has 1 saturated carbocycles. The number of rotatable bonds is 4. The first-order valence-electron chi connectivity index (χ1n) is 9.79. The van der Waals surface area contributed by atoms with E-state index in [9.17, 15) is 14.4 Å². The van der Waals surface area contributed by atoms with E-state index in [0.29, 0.717) is 24.5 Å². The zero-order valence-electron chi connectivity index (χ0n) is 15.9. The van der Waals surface area contributed by atoms with Gasteiger partial charge in [-0.3, -0.25) is 14.5 Å². The van der Waals surface area contributed by atoms with Crippen LogP contribution in [0.15, 0.2) is 24.3 Å². The van der Waals surface area contributed by atoms with Gasteiger partial charge in [-0.05, 0) is 30.9 Å². The smallest absolute Gasteiger partial charge is 0.325 e. The Labute approximate surface area is 163 Å². The second kappa shape index (κ2) is 7.33. The zero-order chi connectivity index (χ0) is 19.7. The molecule has 150 valence electrons. The molecule has 4 amide bonds. The molecule has 1 aromatic rings. The van der Waals surface area contributed by atoms with Crippen LogP contribution in [0.1, 0.15) is 32.6 Å². The second-order valence-electron chi connectivity index (χ2n) is 7.74. The first-order chi connectivity index (χ1) is 13.5. The van der Waals surface area contributed by atoms with Crippen molar-refractivity contribution in [3.8, 4) is 11.5 Å². The first kappa shape index (κ1) is 18.6. The van der Waals surface area contributed by atoms with Crippen LogP contribution in [0.5, 0.6) is 11.5 Å². The van der Waals surface area contributed by atoms with Crippen LogP contribution in [0.25, 0.3) is 0 Å². The molecule has 2 heterocycles. The van der Waals surface area contributed by atoms with Crippen molar-refractivity contribution in [2.45, 2.75) is 44.2 Å². The van der Waals surface area contributed by atoms with Crippen LogP contribution in [0, 0.1) is 5.92 Å². The summed E-state index contributed by atoms with van der Waals surface area (Å²) in [5.41, 5.74) is -0.848. The lowest BCUT2D eigenvalue weighted by Crippen LogP contribution is -2.54. The number of benzene rings is 1. The van der Waals surface area contributed by atoms with Crippen LogP contribution in [-0.2, 0) is 9.59 Å². The highest BCUT2D eigenvalue weighted by atomic mass is 16.6. The lowest BCUT2D eigenvalue weighted by molar-refractivity contribution is -0.137. The first-order valence-corrected chi connectivity index (χ1v) is 9.79. The molecular weight excluding hydrogens is 362 g/mol. The van der Waals surface area contributed by atoms with Gasteiger partial charge in [0.25, 0.3) is 5.91 Å². The highest BCUT2D eigenvalue weighted by molar-refractivity contribution is 6.09. The number of urea groups is 1. The summed E-state index contributed by atoms with van der Waals surface area (Å²) in [6.07, 6.45) is 3.15. The van der Waals surface area contributed by atoms with Crippen LogP contribution in [0.3, 0.4) is 0 Å². The maximum atomic E-state index is 12.9. The lowest BCUT2D eigenvalue weighted by atomic mass is 9.73. The van der Waals surface area contributed by atoms with Gasteiger partial charge in [-0.25, -0.2) is 4.79 Å². The summed E-state index contributed by atoms with van der Waals surface area (Å²) in [4.78, 5) is 38.6. The third kappa shape index (κ3) is 3.27. The van der Waals surface area contributed by atoms with Gasteiger partial charge in [0, 0.05) is 0 Å². The minimum absolute atomic E-state index is 0.0682. The summed E-state index contributed by atoms with van der Waals surface area (Å²) in [6, 6.07) is 6.86. The molecule has 28 heavy (non-hydrogen) atoms. The molecule has 3 aliphatic rings. The Morgan fingerprint density at radius 1 is 1.29 bits per heavy atom.